The number of hydrogen-bond donors (Lipinski definition) is 1. The lowest BCUT2D eigenvalue weighted by Gasteiger charge is -2.09. The van der Waals surface area contributed by atoms with E-state index in [1.54, 1.807) is 0 Å². The highest BCUT2D eigenvalue weighted by Gasteiger charge is 2.11. The first-order valence-corrected chi connectivity index (χ1v) is 6.64. The van der Waals surface area contributed by atoms with Gasteiger partial charge in [0.2, 0.25) is 0 Å². The lowest BCUT2D eigenvalue weighted by atomic mass is 10.1. The lowest BCUT2D eigenvalue weighted by molar-refractivity contribution is 0.521. The fraction of sp³-hybridized carbons (Fsp3) is 0.538. The smallest absolute Gasteiger partial charge is 0.143 e. The van der Waals surface area contributed by atoms with Crippen LogP contribution in [0, 0.1) is 17.6 Å². The van der Waals surface area contributed by atoms with Gasteiger partial charge < -0.3 is 5.32 Å². The van der Waals surface area contributed by atoms with Crippen LogP contribution < -0.4 is 5.32 Å². The molecule has 1 nitrogen and oxygen atoms in total. The van der Waals surface area contributed by atoms with E-state index in [-0.39, 0.29) is 5.56 Å². The van der Waals surface area contributed by atoms with Gasteiger partial charge in [0.15, 0.2) is 0 Å². The van der Waals surface area contributed by atoms with Gasteiger partial charge in [-0.15, -0.1) is 0 Å². The van der Waals surface area contributed by atoms with Gasteiger partial charge in [-0.2, -0.15) is 0 Å². The summed E-state index contributed by atoms with van der Waals surface area (Å²) in [6.07, 6.45) is 1.15. The lowest BCUT2D eigenvalue weighted by Crippen LogP contribution is -2.21. The Morgan fingerprint density at radius 3 is 2.65 bits per heavy atom. The summed E-state index contributed by atoms with van der Waals surface area (Å²) in [5.74, 6) is -0.349. The maximum atomic E-state index is 13.6. The molecule has 1 aromatic carbocycles. The zero-order chi connectivity index (χ0) is 12.8. The summed E-state index contributed by atoms with van der Waals surface area (Å²) in [6.45, 7) is 5.97. The first-order chi connectivity index (χ1) is 8.02. The van der Waals surface area contributed by atoms with E-state index in [4.69, 9.17) is 0 Å². The third kappa shape index (κ3) is 4.72. The van der Waals surface area contributed by atoms with Crippen molar-refractivity contribution in [3.63, 3.8) is 0 Å². The third-order valence-electron chi connectivity index (χ3n) is 2.47. The van der Waals surface area contributed by atoms with E-state index in [1.165, 1.54) is 12.1 Å². The van der Waals surface area contributed by atoms with E-state index in [9.17, 15) is 8.78 Å². The van der Waals surface area contributed by atoms with Crippen molar-refractivity contribution in [1.29, 1.82) is 0 Å². The zero-order valence-electron chi connectivity index (χ0n) is 10.2. The Morgan fingerprint density at radius 2 is 2.00 bits per heavy atom. The second-order valence-electron chi connectivity index (χ2n) is 4.52. The minimum Gasteiger partial charge on any atom is -0.316 e. The molecule has 0 radical (unpaired) electrons. The van der Waals surface area contributed by atoms with Gasteiger partial charge in [-0.3, -0.25) is 0 Å². The molecule has 1 aromatic rings. The fourth-order valence-corrected chi connectivity index (χ4v) is 1.95. The maximum absolute atomic E-state index is 13.6. The number of benzene rings is 1. The first kappa shape index (κ1) is 14.6. The summed E-state index contributed by atoms with van der Waals surface area (Å²) in [4.78, 5) is 0. The van der Waals surface area contributed by atoms with Crippen molar-refractivity contribution >= 4 is 15.9 Å². The molecular formula is C13H18BrF2N. The maximum Gasteiger partial charge on any atom is 0.143 e. The average molecular weight is 306 g/mol. The highest BCUT2D eigenvalue weighted by molar-refractivity contribution is 9.10. The normalized spacial score (nSPS) is 11.2. The molecule has 0 amide bonds. The molecular weight excluding hydrogens is 288 g/mol. The fourth-order valence-electron chi connectivity index (χ4n) is 1.58. The molecule has 0 spiro atoms. The highest BCUT2D eigenvalue weighted by atomic mass is 79.9. The van der Waals surface area contributed by atoms with Crippen molar-refractivity contribution in [2.24, 2.45) is 5.92 Å². The summed E-state index contributed by atoms with van der Waals surface area (Å²) < 4.78 is 27.3. The van der Waals surface area contributed by atoms with Crippen molar-refractivity contribution in [3.05, 3.63) is 33.8 Å². The van der Waals surface area contributed by atoms with Crippen LogP contribution >= 0.6 is 15.9 Å². The summed E-state index contributed by atoms with van der Waals surface area (Å²) in [7, 11) is 0. The molecule has 0 atom stereocenters. The standard InChI is InChI=1S/C13H18BrF2N/c1-9(2)8-17-7-3-4-10-12(15)6-5-11(14)13(10)16/h5-6,9,17H,3-4,7-8H2,1-2H3. The van der Waals surface area contributed by atoms with Crippen molar-refractivity contribution in [3.8, 4) is 0 Å². The molecule has 0 aliphatic carbocycles. The summed E-state index contributed by atoms with van der Waals surface area (Å²) >= 11 is 3.06. The zero-order valence-corrected chi connectivity index (χ0v) is 11.8. The van der Waals surface area contributed by atoms with Gasteiger partial charge in [-0.05, 0) is 59.9 Å². The van der Waals surface area contributed by atoms with E-state index in [1.807, 2.05) is 0 Å². The predicted octanol–water partition coefficient (Wildman–Crippen LogP) is 3.91. The first-order valence-electron chi connectivity index (χ1n) is 5.85. The van der Waals surface area contributed by atoms with Gasteiger partial charge in [0.1, 0.15) is 11.6 Å². The molecule has 0 aliphatic rings. The molecule has 0 aliphatic heterocycles. The van der Waals surface area contributed by atoms with Gasteiger partial charge in [0.25, 0.3) is 0 Å². The summed E-state index contributed by atoms with van der Waals surface area (Å²) in [6, 6.07) is 2.69. The average Bonchev–Trinajstić information content (AvgIpc) is 2.27. The Balaban J connectivity index is 2.44. The Morgan fingerprint density at radius 1 is 1.29 bits per heavy atom. The van der Waals surface area contributed by atoms with E-state index >= 15 is 0 Å². The van der Waals surface area contributed by atoms with E-state index in [0.29, 0.717) is 16.8 Å². The second-order valence-corrected chi connectivity index (χ2v) is 5.38. The van der Waals surface area contributed by atoms with Crippen LogP contribution in [0.5, 0.6) is 0 Å². The quantitative estimate of drug-likeness (QED) is 0.621. The van der Waals surface area contributed by atoms with Crippen molar-refractivity contribution in [2.75, 3.05) is 13.1 Å². The van der Waals surface area contributed by atoms with E-state index < -0.39 is 11.6 Å². The molecule has 0 saturated heterocycles. The second kappa shape index (κ2) is 7.07. The number of rotatable bonds is 6. The van der Waals surface area contributed by atoms with Crippen LogP contribution in [0.4, 0.5) is 8.78 Å². The summed E-state index contributed by atoms with van der Waals surface area (Å²) in [5, 5.41) is 3.25. The Bertz CT molecular complexity index is 367. The molecule has 0 bridgehead atoms. The van der Waals surface area contributed by atoms with Gasteiger partial charge in [-0.25, -0.2) is 8.78 Å². The van der Waals surface area contributed by atoms with Crippen LogP contribution in [0.25, 0.3) is 0 Å². The van der Waals surface area contributed by atoms with Crippen molar-refractivity contribution < 1.29 is 8.78 Å². The molecule has 0 heterocycles. The van der Waals surface area contributed by atoms with Gasteiger partial charge in [0, 0.05) is 5.56 Å². The number of hydrogen-bond acceptors (Lipinski definition) is 1. The molecule has 1 rings (SSSR count). The highest BCUT2D eigenvalue weighted by Crippen LogP contribution is 2.22. The van der Waals surface area contributed by atoms with Crippen LogP contribution in [0.2, 0.25) is 0 Å². The van der Waals surface area contributed by atoms with Crippen molar-refractivity contribution in [2.45, 2.75) is 26.7 Å². The Labute approximate surface area is 110 Å². The van der Waals surface area contributed by atoms with Crippen LogP contribution in [0.15, 0.2) is 16.6 Å². The molecule has 4 heteroatoms. The van der Waals surface area contributed by atoms with E-state index in [2.05, 4.69) is 35.1 Å². The molecule has 0 aromatic heterocycles. The molecule has 0 saturated carbocycles. The van der Waals surface area contributed by atoms with Crippen LogP contribution in [0.1, 0.15) is 25.8 Å². The van der Waals surface area contributed by atoms with Gasteiger partial charge in [0.05, 0.1) is 4.47 Å². The molecule has 96 valence electrons. The van der Waals surface area contributed by atoms with Crippen molar-refractivity contribution in [1.82, 2.24) is 5.32 Å². The Hall–Kier alpha value is -0.480. The van der Waals surface area contributed by atoms with Gasteiger partial charge >= 0.3 is 0 Å². The third-order valence-corrected chi connectivity index (χ3v) is 3.08. The number of halogens is 3. The molecule has 1 N–H and O–H groups in total. The largest absolute Gasteiger partial charge is 0.316 e. The van der Waals surface area contributed by atoms with Gasteiger partial charge in [-0.1, -0.05) is 13.8 Å². The monoisotopic (exact) mass is 305 g/mol. The van der Waals surface area contributed by atoms with Crippen LogP contribution in [0.3, 0.4) is 0 Å². The minimum atomic E-state index is -0.478. The Kier molecular flexibility index (Phi) is 6.06. The molecule has 17 heavy (non-hydrogen) atoms. The predicted molar refractivity (Wildman–Crippen MR) is 70.1 cm³/mol. The molecule has 0 unspecified atom stereocenters. The minimum absolute atomic E-state index is 0.172. The number of nitrogens with one attached hydrogen (secondary N) is 1. The topological polar surface area (TPSA) is 12.0 Å². The van der Waals surface area contributed by atoms with Crippen LogP contribution in [-0.4, -0.2) is 13.1 Å². The SMILES string of the molecule is CC(C)CNCCCc1c(F)ccc(Br)c1F. The summed E-state index contributed by atoms with van der Waals surface area (Å²) in [5.41, 5.74) is 0.172. The van der Waals surface area contributed by atoms with Crippen LogP contribution in [-0.2, 0) is 6.42 Å². The molecule has 0 fully saturated rings. The van der Waals surface area contributed by atoms with E-state index in [0.717, 1.165) is 19.5 Å².